The quantitative estimate of drug-likeness (QED) is 0.219. The van der Waals surface area contributed by atoms with Crippen molar-refractivity contribution in [3.63, 3.8) is 0 Å². The molecular formula is C35H21N5. The molecule has 9 rings (SSSR count). The highest BCUT2D eigenvalue weighted by Gasteiger charge is 2.19. The van der Waals surface area contributed by atoms with Gasteiger partial charge in [0.2, 0.25) is 0 Å². The van der Waals surface area contributed by atoms with Crippen LogP contribution < -0.4 is 0 Å². The first-order valence-corrected chi connectivity index (χ1v) is 13.4. The van der Waals surface area contributed by atoms with E-state index in [-0.39, 0.29) is 0 Å². The van der Waals surface area contributed by atoms with Crippen LogP contribution in [0.3, 0.4) is 0 Å². The number of para-hydroxylation sites is 3. The predicted molar refractivity (Wildman–Crippen MR) is 163 cm³/mol. The first-order valence-electron chi connectivity index (χ1n) is 13.4. The van der Waals surface area contributed by atoms with Crippen molar-refractivity contribution in [2.45, 2.75) is 0 Å². The summed E-state index contributed by atoms with van der Waals surface area (Å²) in [5.41, 5.74) is 8.19. The van der Waals surface area contributed by atoms with E-state index in [1.54, 1.807) is 0 Å². The van der Waals surface area contributed by atoms with Gasteiger partial charge in [-0.3, -0.25) is 14.0 Å². The van der Waals surface area contributed by atoms with Gasteiger partial charge >= 0.3 is 0 Å². The van der Waals surface area contributed by atoms with E-state index in [4.69, 9.17) is 9.97 Å². The van der Waals surface area contributed by atoms with Gasteiger partial charge in [-0.05, 0) is 60.0 Å². The molecule has 0 saturated carbocycles. The summed E-state index contributed by atoms with van der Waals surface area (Å²) < 4.78 is 4.60. The lowest BCUT2D eigenvalue weighted by Gasteiger charge is -2.12. The maximum Gasteiger partial charge on any atom is 0.146 e. The van der Waals surface area contributed by atoms with Crippen LogP contribution in [0.2, 0.25) is 0 Å². The number of hydrogen-bond acceptors (Lipinski definition) is 3. The molecule has 0 N–H and O–H groups in total. The number of fused-ring (bicyclic) bond motifs is 11. The Morgan fingerprint density at radius 1 is 0.450 bits per heavy atom. The molecule has 0 aliphatic rings. The van der Waals surface area contributed by atoms with Crippen LogP contribution in [0.4, 0.5) is 0 Å². The Morgan fingerprint density at radius 3 is 2.02 bits per heavy atom. The van der Waals surface area contributed by atoms with Gasteiger partial charge in [0.15, 0.2) is 0 Å². The number of pyridine rings is 3. The molecule has 5 heteroatoms. The second-order valence-corrected chi connectivity index (χ2v) is 10.1. The maximum atomic E-state index is 5.10. The monoisotopic (exact) mass is 511 g/mol. The van der Waals surface area contributed by atoms with Gasteiger partial charge in [-0.1, -0.05) is 66.7 Å². The van der Waals surface area contributed by atoms with E-state index in [0.717, 1.165) is 55.8 Å². The Labute approximate surface area is 228 Å². The first-order chi connectivity index (χ1) is 19.8. The smallest absolute Gasteiger partial charge is 0.146 e. The van der Waals surface area contributed by atoms with E-state index in [0.29, 0.717) is 0 Å². The fourth-order valence-electron chi connectivity index (χ4n) is 6.22. The minimum Gasteiger partial charge on any atom is -0.294 e. The van der Waals surface area contributed by atoms with Gasteiger partial charge in [0.05, 0.1) is 39.0 Å². The molecule has 0 unspecified atom stereocenters. The van der Waals surface area contributed by atoms with Crippen LogP contribution in [0.25, 0.3) is 77.4 Å². The second kappa shape index (κ2) is 7.98. The van der Waals surface area contributed by atoms with Crippen LogP contribution in [0.5, 0.6) is 0 Å². The van der Waals surface area contributed by atoms with Crippen molar-refractivity contribution in [1.82, 2.24) is 23.9 Å². The third-order valence-electron chi connectivity index (χ3n) is 7.94. The van der Waals surface area contributed by atoms with E-state index in [2.05, 4.69) is 111 Å². The number of benzene rings is 4. The van der Waals surface area contributed by atoms with Crippen molar-refractivity contribution in [1.29, 1.82) is 0 Å². The minimum absolute atomic E-state index is 0.849. The van der Waals surface area contributed by atoms with Crippen molar-refractivity contribution in [3.05, 3.63) is 128 Å². The summed E-state index contributed by atoms with van der Waals surface area (Å²) in [4.78, 5) is 14.7. The molecule has 9 aromatic rings. The molecule has 4 aromatic carbocycles. The van der Waals surface area contributed by atoms with Crippen molar-refractivity contribution < 1.29 is 0 Å². The Hall–Kier alpha value is -5.55. The Balaban J connectivity index is 1.46. The molecular weight excluding hydrogens is 490 g/mol. The maximum absolute atomic E-state index is 5.10. The molecule has 0 amide bonds. The lowest BCUT2D eigenvalue weighted by atomic mass is 10.0. The summed E-state index contributed by atoms with van der Waals surface area (Å²) in [7, 11) is 0. The number of hydrogen-bond donors (Lipinski definition) is 0. The zero-order valence-electron chi connectivity index (χ0n) is 21.4. The zero-order chi connectivity index (χ0) is 26.2. The number of nitrogens with zero attached hydrogens (tertiary/aromatic N) is 5. The van der Waals surface area contributed by atoms with Crippen LogP contribution in [0.15, 0.2) is 128 Å². The molecule has 40 heavy (non-hydrogen) atoms. The summed E-state index contributed by atoms with van der Waals surface area (Å²) >= 11 is 0. The predicted octanol–water partition coefficient (Wildman–Crippen LogP) is 8.35. The van der Waals surface area contributed by atoms with Crippen molar-refractivity contribution in [2.24, 2.45) is 0 Å². The molecule has 0 fully saturated rings. The van der Waals surface area contributed by atoms with E-state index in [9.17, 15) is 0 Å². The Morgan fingerprint density at radius 2 is 1.15 bits per heavy atom. The fourth-order valence-corrected chi connectivity index (χ4v) is 6.22. The summed E-state index contributed by atoms with van der Waals surface area (Å²) in [6.07, 6.45) is 1.81. The highest BCUT2D eigenvalue weighted by atomic mass is 15.1. The van der Waals surface area contributed by atoms with Gasteiger partial charge in [-0.25, -0.2) is 9.97 Å². The average molecular weight is 512 g/mol. The standard InChI is InChI=1S/C35H21N5/c1-2-12-24-22(10-1)25-20-32-26(21-33(25)40-31-17-6-4-14-29(31)38-35(24)40)23-11-3-5-16-30(23)39(32)34-18-9-15-28(37-34)27-13-7-8-19-36-27/h1-21H. The topological polar surface area (TPSA) is 48.0 Å². The lowest BCUT2D eigenvalue weighted by molar-refractivity contribution is 1.08. The SMILES string of the molecule is c1ccc(-c2cccc(-n3c4ccccc4c4cc5c(cc43)c3ccccc3c3nc4ccccc4n53)n2)nc1. The lowest BCUT2D eigenvalue weighted by Crippen LogP contribution is -1.99. The number of imidazole rings is 1. The largest absolute Gasteiger partial charge is 0.294 e. The van der Waals surface area contributed by atoms with Crippen LogP contribution in [0, 0.1) is 0 Å². The number of aromatic nitrogens is 5. The van der Waals surface area contributed by atoms with Crippen molar-refractivity contribution >= 4 is 60.2 Å². The third kappa shape index (κ3) is 2.89. The molecule has 0 saturated heterocycles. The van der Waals surface area contributed by atoms with Crippen LogP contribution in [-0.4, -0.2) is 23.9 Å². The molecule has 0 atom stereocenters. The molecule has 0 radical (unpaired) electrons. The molecule has 5 heterocycles. The summed E-state index contributed by atoms with van der Waals surface area (Å²) in [6, 6.07) is 42.3. The van der Waals surface area contributed by atoms with Gasteiger partial charge in [0.1, 0.15) is 11.5 Å². The highest BCUT2D eigenvalue weighted by Crippen LogP contribution is 2.39. The van der Waals surface area contributed by atoms with Gasteiger partial charge < -0.3 is 0 Å². The normalized spacial score (nSPS) is 12.0. The van der Waals surface area contributed by atoms with Gasteiger partial charge in [0.25, 0.3) is 0 Å². The van der Waals surface area contributed by atoms with Crippen molar-refractivity contribution in [2.75, 3.05) is 0 Å². The average Bonchev–Trinajstić information content (AvgIpc) is 3.57. The molecule has 0 aliphatic heterocycles. The third-order valence-corrected chi connectivity index (χ3v) is 7.94. The van der Waals surface area contributed by atoms with E-state index >= 15 is 0 Å². The summed E-state index contributed by atoms with van der Waals surface area (Å²) in [6.45, 7) is 0. The summed E-state index contributed by atoms with van der Waals surface area (Å²) in [5, 5.41) is 5.89. The molecule has 186 valence electrons. The van der Waals surface area contributed by atoms with Gasteiger partial charge in [0, 0.05) is 27.7 Å². The molecule has 0 spiro atoms. The first kappa shape index (κ1) is 21.4. The molecule has 0 aliphatic carbocycles. The van der Waals surface area contributed by atoms with E-state index in [1.165, 1.54) is 21.5 Å². The number of rotatable bonds is 2. The van der Waals surface area contributed by atoms with Gasteiger partial charge in [-0.2, -0.15) is 0 Å². The summed E-state index contributed by atoms with van der Waals surface area (Å²) in [5.74, 6) is 0.868. The molecule has 5 aromatic heterocycles. The van der Waals surface area contributed by atoms with E-state index < -0.39 is 0 Å². The van der Waals surface area contributed by atoms with Crippen LogP contribution in [0.1, 0.15) is 0 Å². The Kier molecular flexibility index (Phi) is 4.27. The fraction of sp³-hybridized carbons (Fsp3) is 0. The molecule has 0 bridgehead atoms. The van der Waals surface area contributed by atoms with Gasteiger partial charge in [-0.15, -0.1) is 0 Å². The van der Waals surface area contributed by atoms with Crippen molar-refractivity contribution in [3.8, 4) is 17.2 Å². The van der Waals surface area contributed by atoms with Crippen LogP contribution in [-0.2, 0) is 0 Å². The zero-order valence-corrected chi connectivity index (χ0v) is 21.4. The Bertz CT molecular complexity index is 2430. The second-order valence-electron chi connectivity index (χ2n) is 10.1. The highest BCUT2D eigenvalue weighted by molar-refractivity contribution is 6.20. The minimum atomic E-state index is 0.849. The van der Waals surface area contributed by atoms with E-state index in [1.807, 2.05) is 30.5 Å². The molecule has 5 nitrogen and oxygen atoms in total. The van der Waals surface area contributed by atoms with Crippen LogP contribution >= 0.6 is 0 Å².